The molecule has 0 fully saturated rings. The van der Waals surface area contributed by atoms with Crippen LogP contribution in [0.2, 0.25) is 0 Å². The molecule has 0 unspecified atom stereocenters. The Bertz CT molecular complexity index is 357. The van der Waals surface area contributed by atoms with Gasteiger partial charge in [-0.3, -0.25) is 10.1 Å². The van der Waals surface area contributed by atoms with Crippen molar-refractivity contribution in [3.8, 4) is 6.07 Å². The van der Waals surface area contributed by atoms with E-state index in [0.29, 0.717) is 10.9 Å². The van der Waals surface area contributed by atoms with E-state index in [1.54, 1.807) is 0 Å². The number of carbonyl (C=O) groups is 1. The molecule has 0 aliphatic heterocycles. The number of nitrogens with zero attached hydrogens (tertiary/aromatic N) is 3. The van der Waals surface area contributed by atoms with Crippen LogP contribution in [0.5, 0.6) is 0 Å². The maximum absolute atomic E-state index is 11.2. The molecule has 1 aromatic heterocycles. The van der Waals surface area contributed by atoms with Crippen molar-refractivity contribution in [3.63, 3.8) is 0 Å². The lowest BCUT2D eigenvalue weighted by atomic mass is 10.7. The van der Waals surface area contributed by atoms with Crippen LogP contribution in [0, 0.1) is 18.3 Å². The Morgan fingerprint density at radius 1 is 1.71 bits per heavy atom. The summed E-state index contributed by atoms with van der Waals surface area (Å²) in [5.41, 5.74) is 0. The molecule has 1 N–H and O–H groups in total. The molecule has 1 amide bonds. The zero-order valence-corrected chi connectivity index (χ0v) is 9.11. The van der Waals surface area contributed by atoms with Crippen LogP contribution >= 0.6 is 23.1 Å². The van der Waals surface area contributed by atoms with Gasteiger partial charge in [-0.05, 0) is 6.92 Å². The maximum Gasteiger partial charge on any atom is 0.236 e. The molecule has 1 heterocycles. The van der Waals surface area contributed by atoms with Crippen molar-refractivity contribution >= 4 is 34.1 Å². The van der Waals surface area contributed by atoms with E-state index < -0.39 is 0 Å². The van der Waals surface area contributed by atoms with Gasteiger partial charge in [-0.25, -0.2) is 0 Å². The number of hydrogen-bond donors (Lipinski definition) is 1. The average Bonchev–Trinajstić information content (AvgIpc) is 2.52. The summed E-state index contributed by atoms with van der Waals surface area (Å²) >= 11 is 2.60. The number of anilines is 1. The third-order valence-electron chi connectivity index (χ3n) is 1.17. The van der Waals surface area contributed by atoms with Gasteiger partial charge >= 0.3 is 0 Å². The fourth-order valence-electron chi connectivity index (χ4n) is 0.692. The smallest absolute Gasteiger partial charge is 0.236 e. The van der Waals surface area contributed by atoms with Crippen LogP contribution in [0.4, 0.5) is 5.13 Å². The fourth-order valence-corrected chi connectivity index (χ4v) is 1.75. The van der Waals surface area contributed by atoms with Crippen LogP contribution in [0.15, 0.2) is 0 Å². The summed E-state index contributed by atoms with van der Waals surface area (Å²) in [5, 5.41) is 19.7. The van der Waals surface area contributed by atoms with E-state index in [1.807, 2.05) is 13.0 Å². The predicted octanol–water partition coefficient (Wildman–Crippen LogP) is 1.04. The second-order valence-electron chi connectivity index (χ2n) is 2.33. The normalized spacial score (nSPS) is 9.43. The molecule has 0 spiro atoms. The number of thioether (sulfide) groups is 1. The maximum atomic E-state index is 11.2. The van der Waals surface area contributed by atoms with Gasteiger partial charge in [0.2, 0.25) is 11.0 Å². The van der Waals surface area contributed by atoms with Gasteiger partial charge in [0.15, 0.2) is 0 Å². The Kier molecular flexibility index (Phi) is 4.35. The molecule has 0 aromatic carbocycles. The van der Waals surface area contributed by atoms with E-state index >= 15 is 0 Å². The van der Waals surface area contributed by atoms with Crippen molar-refractivity contribution in [1.82, 2.24) is 10.2 Å². The summed E-state index contributed by atoms with van der Waals surface area (Å²) < 4.78 is 0. The van der Waals surface area contributed by atoms with Gasteiger partial charge in [0.25, 0.3) is 0 Å². The number of aryl methyl sites for hydroxylation is 1. The first kappa shape index (κ1) is 10.9. The van der Waals surface area contributed by atoms with Gasteiger partial charge in [-0.2, -0.15) is 5.26 Å². The molecule has 0 aliphatic carbocycles. The minimum Gasteiger partial charge on any atom is -0.300 e. The second kappa shape index (κ2) is 5.57. The second-order valence-corrected chi connectivity index (χ2v) is 4.49. The monoisotopic (exact) mass is 228 g/mol. The van der Waals surface area contributed by atoms with Gasteiger partial charge in [0, 0.05) is 0 Å². The van der Waals surface area contributed by atoms with E-state index in [-0.39, 0.29) is 11.7 Å². The summed E-state index contributed by atoms with van der Waals surface area (Å²) in [6.45, 7) is 1.82. The molecule has 0 atom stereocenters. The van der Waals surface area contributed by atoms with Crippen molar-refractivity contribution < 1.29 is 4.79 Å². The lowest BCUT2D eigenvalue weighted by molar-refractivity contribution is -0.113. The summed E-state index contributed by atoms with van der Waals surface area (Å²) in [7, 11) is 0. The minimum absolute atomic E-state index is 0.151. The van der Waals surface area contributed by atoms with E-state index in [4.69, 9.17) is 5.26 Å². The molecule has 1 rings (SSSR count). The van der Waals surface area contributed by atoms with Gasteiger partial charge in [-0.1, -0.05) is 11.3 Å². The van der Waals surface area contributed by atoms with E-state index in [2.05, 4.69) is 15.5 Å². The number of nitriles is 1. The highest BCUT2D eigenvalue weighted by Gasteiger charge is 2.05. The molecule has 5 nitrogen and oxygen atoms in total. The number of amides is 1. The highest BCUT2D eigenvalue weighted by Crippen LogP contribution is 2.13. The van der Waals surface area contributed by atoms with Gasteiger partial charge < -0.3 is 0 Å². The molecule has 0 radical (unpaired) electrons. The molecule has 14 heavy (non-hydrogen) atoms. The Morgan fingerprint density at radius 3 is 3.07 bits per heavy atom. The molecule has 7 heteroatoms. The highest BCUT2D eigenvalue weighted by atomic mass is 32.2. The zero-order valence-electron chi connectivity index (χ0n) is 7.48. The lowest BCUT2D eigenvalue weighted by Gasteiger charge is -1.97. The van der Waals surface area contributed by atoms with E-state index in [1.165, 1.54) is 23.1 Å². The van der Waals surface area contributed by atoms with Crippen LogP contribution in [-0.4, -0.2) is 27.6 Å². The fraction of sp³-hybridized carbons (Fsp3) is 0.429. The topological polar surface area (TPSA) is 78.7 Å². The zero-order chi connectivity index (χ0) is 10.4. The van der Waals surface area contributed by atoms with Gasteiger partial charge in [-0.15, -0.1) is 22.0 Å². The first-order valence-electron chi connectivity index (χ1n) is 3.77. The average molecular weight is 228 g/mol. The molecule has 0 aliphatic rings. The van der Waals surface area contributed by atoms with Gasteiger partial charge in [0.1, 0.15) is 5.01 Å². The van der Waals surface area contributed by atoms with Crippen LogP contribution in [0.25, 0.3) is 0 Å². The molecule has 74 valence electrons. The van der Waals surface area contributed by atoms with Crippen molar-refractivity contribution in [2.75, 3.05) is 16.8 Å². The Morgan fingerprint density at radius 2 is 2.50 bits per heavy atom. The molecule has 0 saturated heterocycles. The Hall–Kier alpha value is -1.13. The van der Waals surface area contributed by atoms with E-state index in [9.17, 15) is 4.79 Å². The van der Waals surface area contributed by atoms with Crippen molar-refractivity contribution in [1.29, 1.82) is 5.26 Å². The van der Waals surface area contributed by atoms with Crippen molar-refractivity contribution in [2.45, 2.75) is 6.92 Å². The first-order chi connectivity index (χ1) is 6.72. The number of aromatic nitrogens is 2. The van der Waals surface area contributed by atoms with Crippen molar-refractivity contribution in [2.24, 2.45) is 0 Å². The van der Waals surface area contributed by atoms with Crippen molar-refractivity contribution in [3.05, 3.63) is 5.01 Å². The number of rotatable bonds is 4. The minimum atomic E-state index is -0.151. The first-order valence-corrected chi connectivity index (χ1v) is 5.74. The Balaban J connectivity index is 2.31. The molecule has 1 aromatic rings. The van der Waals surface area contributed by atoms with Crippen LogP contribution in [0.1, 0.15) is 5.01 Å². The van der Waals surface area contributed by atoms with Crippen LogP contribution in [0.3, 0.4) is 0 Å². The predicted molar refractivity (Wildman–Crippen MR) is 56.2 cm³/mol. The number of hydrogen-bond acceptors (Lipinski definition) is 6. The largest absolute Gasteiger partial charge is 0.300 e. The highest BCUT2D eigenvalue weighted by molar-refractivity contribution is 8.00. The Labute approximate surface area is 89.5 Å². The lowest BCUT2D eigenvalue weighted by Crippen LogP contribution is -2.14. The number of nitrogens with one attached hydrogen (secondary N) is 1. The van der Waals surface area contributed by atoms with Crippen LogP contribution in [-0.2, 0) is 4.79 Å². The molecule has 0 bridgehead atoms. The number of carbonyl (C=O) groups excluding carboxylic acids is 1. The van der Waals surface area contributed by atoms with Crippen LogP contribution < -0.4 is 5.32 Å². The molecular formula is C7H8N4OS2. The molecule has 0 saturated carbocycles. The summed E-state index contributed by atoms with van der Waals surface area (Å²) in [6.07, 6.45) is 0. The quantitative estimate of drug-likeness (QED) is 0.779. The SMILES string of the molecule is Cc1nnc(NC(=O)CSCC#N)s1. The third kappa shape index (κ3) is 3.72. The standard InChI is InChI=1S/C7H8N4OS2/c1-5-10-11-7(14-5)9-6(12)4-13-3-2-8/h3-4H2,1H3,(H,9,11,12). The van der Waals surface area contributed by atoms with E-state index in [0.717, 1.165) is 5.01 Å². The third-order valence-corrected chi connectivity index (χ3v) is 2.73. The molecular weight excluding hydrogens is 220 g/mol. The van der Waals surface area contributed by atoms with Gasteiger partial charge in [0.05, 0.1) is 17.6 Å². The summed E-state index contributed by atoms with van der Waals surface area (Å²) in [4.78, 5) is 11.2. The summed E-state index contributed by atoms with van der Waals surface area (Å²) in [6, 6.07) is 1.95. The summed E-state index contributed by atoms with van der Waals surface area (Å²) in [5.74, 6) is 0.441.